The maximum Gasteiger partial charge on any atom is 0.228 e. The van der Waals surface area contributed by atoms with Crippen LogP contribution in [0.15, 0.2) is 24.3 Å². The Labute approximate surface area is 155 Å². The lowest BCUT2D eigenvalue weighted by Crippen LogP contribution is -2.50. The van der Waals surface area contributed by atoms with E-state index in [9.17, 15) is 9.59 Å². The van der Waals surface area contributed by atoms with Gasteiger partial charge in [0.1, 0.15) is 0 Å². The molecule has 1 aromatic rings. The van der Waals surface area contributed by atoms with E-state index in [-0.39, 0.29) is 18.2 Å². The van der Waals surface area contributed by atoms with Crippen LogP contribution < -0.4 is 10.6 Å². The number of anilines is 1. The van der Waals surface area contributed by atoms with Crippen LogP contribution in [0, 0.1) is 5.92 Å². The van der Waals surface area contributed by atoms with Gasteiger partial charge in [0, 0.05) is 37.8 Å². The standard InChI is InChI=1S/C20H29N3O3/c1-14(2)11-15(23-7-9-26-10-8-23)13-21-20(25)17-12-19(24)22-18-6-4-3-5-16(17)18/h3-6,14-15,17H,7-13H2,1-2H3,(H,21,25)(H,22,24). The van der Waals surface area contributed by atoms with Crippen LogP contribution in [0.25, 0.3) is 0 Å². The van der Waals surface area contributed by atoms with Gasteiger partial charge in [-0.3, -0.25) is 14.5 Å². The highest BCUT2D eigenvalue weighted by Gasteiger charge is 2.31. The Morgan fingerprint density at radius 2 is 2.04 bits per heavy atom. The predicted octanol–water partition coefficient (Wildman–Crippen LogP) is 1.98. The third-order valence-electron chi connectivity index (χ3n) is 5.13. The molecule has 0 saturated carbocycles. The Hall–Kier alpha value is -1.92. The smallest absolute Gasteiger partial charge is 0.228 e. The molecule has 1 fully saturated rings. The fraction of sp³-hybridized carbons (Fsp3) is 0.600. The fourth-order valence-corrected chi connectivity index (χ4v) is 3.84. The van der Waals surface area contributed by atoms with Crippen LogP contribution in [-0.2, 0) is 14.3 Å². The van der Waals surface area contributed by atoms with Gasteiger partial charge >= 0.3 is 0 Å². The van der Waals surface area contributed by atoms with Crippen molar-refractivity contribution < 1.29 is 14.3 Å². The summed E-state index contributed by atoms with van der Waals surface area (Å²) >= 11 is 0. The highest BCUT2D eigenvalue weighted by Crippen LogP contribution is 2.32. The summed E-state index contributed by atoms with van der Waals surface area (Å²) in [7, 11) is 0. The van der Waals surface area contributed by atoms with E-state index < -0.39 is 5.92 Å². The average Bonchev–Trinajstić information content (AvgIpc) is 2.64. The maximum absolute atomic E-state index is 12.8. The molecular formula is C20H29N3O3. The number of nitrogens with zero attached hydrogens (tertiary/aromatic N) is 1. The van der Waals surface area contributed by atoms with Crippen molar-refractivity contribution in [3.8, 4) is 0 Å². The van der Waals surface area contributed by atoms with Gasteiger partial charge in [0.15, 0.2) is 0 Å². The van der Waals surface area contributed by atoms with E-state index in [2.05, 4.69) is 29.4 Å². The average molecular weight is 359 g/mol. The second-order valence-electron chi connectivity index (χ2n) is 7.57. The molecule has 2 aliphatic heterocycles. The van der Waals surface area contributed by atoms with E-state index in [0.717, 1.165) is 44.0 Å². The Balaban J connectivity index is 1.65. The molecule has 2 unspecified atom stereocenters. The SMILES string of the molecule is CC(C)CC(CNC(=O)C1CC(=O)Nc2ccccc21)N1CCOCC1. The summed E-state index contributed by atoms with van der Waals surface area (Å²) in [5.74, 6) is -0.0182. The number of hydrogen-bond donors (Lipinski definition) is 2. The number of fused-ring (bicyclic) bond motifs is 1. The van der Waals surface area contributed by atoms with E-state index in [1.807, 2.05) is 24.3 Å². The topological polar surface area (TPSA) is 70.7 Å². The summed E-state index contributed by atoms with van der Waals surface area (Å²) in [6, 6.07) is 7.85. The quantitative estimate of drug-likeness (QED) is 0.815. The molecule has 6 heteroatoms. The predicted molar refractivity (Wildman–Crippen MR) is 101 cm³/mol. The number of hydrogen-bond acceptors (Lipinski definition) is 4. The lowest BCUT2D eigenvalue weighted by molar-refractivity contribution is -0.126. The van der Waals surface area contributed by atoms with E-state index in [0.29, 0.717) is 18.5 Å². The van der Waals surface area contributed by atoms with Crippen molar-refractivity contribution in [3.63, 3.8) is 0 Å². The van der Waals surface area contributed by atoms with Crippen molar-refractivity contribution >= 4 is 17.5 Å². The number of carbonyl (C=O) groups is 2. The Kier molecular flexibility index (Phi) is 6.27. The number of nitrogens with one attached hydrogen (secondary N) is 2. The molecule has 1 saturated heterocycles. The molecule has 6 nitrogen and oxygen atoms in total. The van der Waals surface area contributed by atoms with Crippen LogP contribution in [0.5, 0.6) is 0 Å². The zero-order chi connectivity index (χ0) is 18.5. The normalized spacial score (nSPS) is 21.8. The Morgan fingerprint density at radius 1 is 1.31 bits per heavy atom. The first-order valence-electron chi connectivity index (χ1n) is 9.53. The van der Waals surface area contributed by atoms with Gasteiger partial charge in [-0.1, -0.05) is 32.0 Å². The van der Waals surface area contributed by atoms with Crippen LogP contribution in [0.1, 0.15) is 38.2 Å². The van der Waals surface area contributed by atoms with Crippen molar-refractivity contribution in [1.82, 2.24) is 10.2 Å². The zero-order valence-electron chi connectivity index (χ0n) is 15.7. The van der Waals surface area contributed by atoms with Gasteiger partial charge in [-0.15, -0.1) is 0 Å². The summed E-state index contributed by atoms with van der Waals surface area (Å²) < 4.78 is 5.45. The summed E-state index contributed by atoms with van der Waals surface area (Å²) in [6.07, 6.45) is 1.23. The Bertz CT molecular complexity index is 641. The summed E-state index contributed by atoms with van der Waals surface area (Å²) in [5, 5.41) is 5.96. The molecule has 2 atom stereocenters. The van der Waals surface area contributed by atoms with Gasteiger partial charge < -0.3 is 15.4 Å². The second kappa shape index (κ2) is 8.64. The molecule has 0 spiro atoms. The molecule has 2 heterocycles. The number of ether oxygens (including phenoxy) is 1. The second-order valence-corrected chi connectivity index (χ2v) is 7.57. The molecule has 26 heavy (non-hydrogen) atoms. The first-order chi connectivity index (χ1) is 12.5. The zero-order valence-corrected chi connectivity index (χ0v) is 15.7. The van der Waals surface area contributed by atoms with Gasteiger partial charge in [-0.25, -0.2) is 0 Å². The first kappa shape index (κ1) is 18.9. The van der Waals surface area contributed by atoms with Gasteiger partial charge in [0.25, 0.3) is 0 Å². The fourth-order valence-electron chi connectivity index (χ4n) is 3.84. The van der Waals surface area contributed by atoms with Crippen molar-refractivity contribution in [1.29, 1.82) is 0 Å². The number of para-hydroxylation sites is 1. The molecule has 3 rings (SSSR count). The number of carbonyl (C=O) groups excluding carboxylic acids is 2. The van der Waals surface area contributed by atoms with E-state index in [1.54, 1.807) is 0 Å². The number of amides is 2. The lowest BCUT2D eigenvalue weighted by Gasteiger charge is -2.36. The minimum atomic E-state index is -0.413. The monoisotopic (exact) mass is 359 g/mol. The van der Waals surface area contributed by atoms with Gasteiger partial charge in [-0.2, -0.15) is 0 Å². The van der Waals surface area contributed by atoms with Gasteiger partial charge in [0.2, 0.25) is 11.8 Å². The molecule has 2 aliphatic rings. The minimum Gasteiger partial charge on any atom is -0.379 e. The van der Waals surface area contributed by atoms with E-state index in [1.165, 1.54) is 0 Å². The summed E-state index contributed by atoms with van der Waals surface area (Å²) in [6.45, 7) is 8.33. The molecule has 142 valence electrons. The van der Waals surface area contributed by atoms with Crippen molar-refractivity contribution in [2.75, 3.05) is 38.2 Å². The summed E-state index contributed by atoms with van der Waals surface area (Å²) in [4.78, 5) is 27.2. The molecule has 0 aliphatic carbocycles. The largest absolute Gasteiger partial charge is 0.379 e. The van der Waals surface area contributed by atoms with Crippen molar-refractivity contribution in [2.24, 2.45) is 5.92 Å². The molecule has 0 bridgehead atoms. The molecule has 1 aromatic carbocycles. The van der Waals surface area contributed by atoms with E-state index in [4.69, 9.17) is 4.74 Å². The van der Waals surface area contributed by atoms with Crippen LogP contribution in [0.3, 0.4) is 0 Å². The number of morpholine rings is 1. The molecule has 0 aromatic heterocycles. The lowest BCUT2D eigenvalue weighted by atomic mass is 9.89. The summed E-state index contributed by atoms with van der Waals surface area (Å²) in [5.41, 5.74) is 1.65. The molecule has 0 radical (unpaired) electrons. The maximum atomic E-state index is 12.8. The third-order valence-corrected chi connectivity index (χ3v) is 5.13. The first-order valence-corrected chi connectivity index (χ1v) is 9.53. The molecule has 2 amide bonds. The number of benzene rings is 1. The van der Waals surface area contributed by atoms with Crippen LogP contribution in [0.2, 0.25) is 0 Å². The van der Waals surface area contributed by atoms with Gasteiger partial charge in [-0.05, 0) is 24.0 Å². The van der Waals surface area contributed by atoms with E-state index >= 15 is 0 Å². The Morgan fingerprint density at radius 3 is 2.77 bits per heavy atom. The third kappa shape index (κ3) is 4.62. The van der Waals surface area contributed by atoms with Gasteiger partial charge in [0.05, 0.1) is 19.1 Å². The highest BCUT2D eigenvalue weighted by molar-refractivity contribution is 6.01. The van der Waals surface area contributed by atoms with Crippen LogP contribution >= 0.6 is 0 Å². The van der Waals surface area contributed by atoms with Crippen molar-refractivity contribution in [3.05, 3.63) is 29.8 Å². The highest BCUT2D eigenvalue weighted by atomic mass is 16.5. The minimum absolute atomic E-state index is 0.0608. The molecular weight excluding hydrogens is 330 g/mol. The van der Waals surface area contributed by atoms with Crippen LogP contribution in [-0.4, -0.2) is 55.6 Å². The van der Waals surface area contributed by atoms with Crippen LogP contribution in [0.4, 0.5) is 5.69 Å². The van der Waals surface area contributed by atoms with Crippen molar-refractivity contribution in [2.45, 2.75) is 38.6 Å². The molecule has 2 N–H and O–H groups in total. The number of rotatable bonds is 6.